The molecule has 1 aliphatic carbocycles. The molecule has 5 rings (SSSR count). The Balaban J connectivity index is 1.51. The summed E-state index contributed by atoms with van der Waals surface area (Å²) in [6.45, 7) is 1.45. The van der Waals surface area contributed by atoms with Crippen LogP contribution in [-0.4, -0.2) is 49.3 Å². The Morgan fingerprint density at radius 1 is 1.16 bits per heavy atom. The SMILES string of the molecule is Nc1c(F)c(NCCS(=O)(=O)N2CCCCC2)c2c3c1c(=O)ccn3C1(CCCC1)CO2. The number of nitrogens with zero attached hydrogens (tertiary/aromatic N) is 2. The zero-order valence-corrected chi connectivity index (χ0v) is 18.8. The predicted octanol–water partition coefficient (Wildman–Crippen LogP) is 2.61. The fraction of sp³-hybridized carbons (Fsp3) is 0.591. The number of nitrogens with two attached hydrogens (primary N) is 1. The molecule has 174 valence electrons. The molecule has 3 heterocycles. The van der Waals surface area contributed by atoms with Crippen LogP contribution in [-0.2, 0) is 15.6 Å². The Bertz CT molecular complexity index is 1210. The summed E-state index contributed by atoms with van der Waals surface area (Å²) in [4.78, 5) is 12.6. The largest absolute Gasteiger partial charge is 0.487 e. The number of nitrogen functional groups attached to an aromatic ring is 1. The molecule has 2 fully saturated rings. The van der Waals surface area contributed by atoms with Gasteiger partial charge in [-0.1, -0.05) is 19.3 Å². The van der Waals surface area contributed by atoms with Crippen LogP contribution in [0.3, 0.4) is 0 Å². The molecule has 1 aromatic carbocycles. The van der Waals surface area contributed by atoms with Gasteiger partial charge in [0.15, 0.2) is 17.0 Å². The fourth-order valence-corrected chi connectivity index (χ4v) is 6.88. The minimum Gasteiger partial charge on any atom is -0.487 e. The number of sulfonamides is 1. The first-order valence-electron chi connectivity index (χ1n) is 11.4. The molecule has 1 spiro atoms. The molecule has 3 N–H and O–H groups in total. The zero-order valence-electron chi connectivity index (χ0n) is 18.0. The summed E-state index contributed by atoms with van der Waals surface area (Å²) in [5, 5.41) is 3.04. The topological polar surface area (TPSA) is 107 Å². The molecule has 2 aliphatic heterocycles. The third-order valence-electron chi connectivity index (χ3n) is 7.17. The number of piperidine rings is 1. The lowest BCUT2D eigenvalue weighted by Crippen LogP contribution is -2.41. The highest BCUT2D eigenvalue weighted by Gasteiger charge is 2.42. The highest BCUT2D eigenvalue weighted by molar-refractivity contribution is 7.89. The van der Waals surface area contributed by atoms with Gasteiger partial charge in [-0.25, -0.2) is 17.1 Å². The number of nitrogens with one attached hydrogen (secondary N) is 1. The van der Waals surface area contributed by atoms with Crippen molar-refractivity contribution in [2.24, 2.45) is 0 Å². The maximum Gasteiger partial charge on any atom is 0.215 e. The van der Waals surface area contributed by atoms with Crippen LogP contribution in [0, 0.1) is 5.82 Å². The van der Waals surface area contributed by atoms with E-state index in [0.29, 0.717) is 25.2 Å². The van der Waals surface area contributed by atoms with Crippen LogP contribution in [0.4, 0.5) is 15.8 Å². The number of rotatable bonds is 5. The van der Waals surface area contributed by atoms with Gasteiger partial charge in [0.1, 0.15) is 12.3 Å². The molecule has 1 aromatic heterocycles. The lowest BCUT2D eigenvalue weighted by molar-refractivity contribution is 0.143. The first-order chi connectivity index (χ1) is 15.3. The maximum atomic E-state index is 15.3. The molecule has 3 aliphatic rings. The van der Waals surface area contributed by atoms with E-state index < -0.39 is 15.8 Å². The van der Waals surface area contributed by atoms with E-state index in [0.717, 1.165) is 44.9 Å². The number of halogens is 1. The van der Waals surface area contributed by atoms with Crippen LogP contribution < -0.4 is 21.2 Å². The molecule has 32 heavy (non-hydrogen) atoms. The number of anilines is 2. The lowest BCUT2D eigenvalue weighted by atomic mass is 9.94. The van der Waals surface area contributed by atoms with Gasteiger partial charge in [-0.3, -0.25) is 4.79 Å². The van der Waals surface area contributed by atoms with E-state index in [1.54, 1.807) is 6.20 Å². The summed E-state index contributed by atoms with van der Waals surface area (Å²) in [5.41, 5.74) is 5.75. The highest BCUT2D eigenvalue weighted by atomic mass is 32.2. The van der Waals surface area contributed by atoms with E-state index >= 15 is 4.39 Å². The standard InChI is InChI=1S/C22H29FN4O4S/c23-17-18(24)16-15(28)6-12-27-20(16)21(31-14-22(27)7-2-3-8-22)19(17)25-9-13-32(29,30)26-10-4-1-5-11-26/h6,12,25H,1-5,7-11,13-14,24H2. The molecule has 10 heteroatoms. The number of hydrogen-bond acceptors (Lipinski definition) is 6. The minimum absolute atomic E-state index is 0.0132. The van der Waals surface area contributed by atoms with Crippen molar-refractivity contribution in [1.29, 1.82) is 0 Å². The van der Waals surface area contributed by atoms with Gasteiger partial charge in [0.25, 0.3) is 0 Å². The van der Waals surface area contributed by atoms with E-state index in [-0.39, 0.29) is 45.8 Å². The van der Waals surface area contributed by atoms with Gasteiger partial charge in [-0.15, -0.1) is 0 Å². The van der Waals surface area contributed by atoms with Crippen molar-refractivity contribution in [3.8, 4) is 5.75 Å². The Kier molecular flexibility index (Phi) is 5.32. The van der Waals surface area contributed by atoms with Crippen molar-refractivity contribution in [2.75, 3.05) is 43.0 Å². The van der Waals surface area contributed by atoms with Crippen molar-refractivity contribution in [2.45, 2.75) is 50.5 Å². The van der Waals surface area contributed by atoms with E-state index in [1.165, 1.54) is 10.4 Å². The van der Waals surface area contributed by atoms with Crippen LogP contribution in [0.25, 0.3) is 10.9 Å². The average molecular weight is 465 g/mol. The molecular formula is C22H29FN4O4S. The summed E-state index contributed by atoms with van der Waals surface area (Å²) in [7, 11) is -3.44. The molecule has 1 saturated carbocycles. The van der Waals surface area contributed by atoms with Crippen LogP contribution in [0.1, 0.15) is 44.9 Å². The van der Waals surface area contributed by atoms with Crippen molar-refractivity contribution in [3.05, 3.63) is 28.3 Å². The molecule has 0 radical (unpaired) electrons. The van der Waals surface area contributed by atoms with Crippen LogP contribution >= 0.6 is 0 Å². The predicted molar refractivity (Wildman–Crippen MR) is 122 cm³/mol. The number of pyridine rings is 1. The number of hydrogen-bond donors (Lipinski definition) is 2. The maximum absolute atomic E-state index is 15.3. The summed E-state index contributed by atoms with van der Waals surface area (Å²) in [6.07, 6.45) is 8.46. The number of ether oxygens (including phenoxy) is 1. The van der Waals surface area contributed by atoms with Gasteiger partial charge < -0.3 is 20.4 Å². The van der Waals surface area contributed by atoms with Crippen molar-refractivity contribution < 1.29 is 17.5 Å². The van der Waals surface area contributed by atoms with E-state index in [1.807, 2.05) is 4.57 Å². The van der Waals surface area contributed by atoms with Gasteiger partial charge >= 0.3 is 0 Å². The van der Waals surface area contributed by atoms with Crippen LogP contribution in [0.15, 0.2) is 17.1 Å². The zero-order chi connectivity index (χ0) is 22.5. The summed E-state index contributed by atoms with van der Waals surface area (Å²) in [6, 6.07) is 1.44. The Hall–Kier alpha value is -2.33. The van der Waals surface area contributed by atoms with Gasteiger partial charge in [-0.2, -0.15) is 0 Å². The molecule has 0 unspecified atom stereocenters. The third kappa shape index (κ3) is 3.35. The second-order valence-electron chi connectivity index (χ2n) is 9.13. The van der Waals surface area contributed by atoms with Gasteiger partial charge in [0, 0.05) is 31.9 Å². The Morgan fingerprint density at radius 2 is 1.88 bits per heavy atom. The molecule has 2 aromatic rings. The minimum atomic E-state index is -3.44. The molecular weight excluding hydrogens is 435 g/mol. The number of benzene rings is 1. The molecule has 0 amide bonds. The monoisotopic (exact) mass is 464 g/mol. The van der Waals surface area contributed by atoms with Crippen molar-refractivity contribution in [1.82, 2.24) is 8.87 Å². The summed E-state index contributed by atoms with van der Waals surface area (Å²) >= 11 is 0. The quantitative estimate of drug-likeness (QED) is 0.659. The third-order valence-corrected chi connectivity index (χ3v) is 9.04. The number of aromatic nitrogens is 1. The van der Waals surface area contributed by atoms with E-state index in [2.05, 4.69) is 5.32 Å². The van der Waals surface area contributed by atoms with Crippen LogP contribution in [0.2, 0.25) is 0 Å². The molecule has 1 saturated heterocycles. The van der Waals surface area contributed by atoms with Gasteiger partial charge in [0.05, 0.1) is 27.9 Å². The number of fused-ring (bicyclic) bond motifs is 1. The Labute approximate surface area is 186 Å². The summed E-state index contributed by atoms with van der Waals surface area (Å²) in [5.74, 6) is -0.701. The molecule has 0 bridgehead atoms. The van der Waals surface area contributed by atoms with E-state index in [4.69, 9.17) is 10.5 Å². The second-order valence-corrected chi connectivity index (χ2v) is 11.2. The summed E-state index contributed by atoms with van der Waals surface area (Å²) < 4.78 is 50.2. The first-order valence-corrected chi connectivity index (χ1v) is 13.0. The fourth-order valence-electron chi connectivity index (χ4n) is 5.45. The van der Waals surface area contributed by atoms with Gasteiger partial charge in [0.2, 0.25) is 10.0 Å². The van der Waals surface area contributed by atoms with Gasteiger partial charge in [-0.05, 0) is 25.7 Å². The van der Waals surface area contributed by atoms with Crippen LogP contribution in [0.5, 0.6) is 5.75 Å². The Morgan fingerprint density at radius 3 is 2.59 bits per heavy atom. The average Bonchev–Trinajstić information content (AvgIpc) is 3.26. The smallest absolute Gasteiger partial charge is 0.215 e. The van der Waals surface area contributed by atoms with E-state index in [9.17, 15) is 13.2 Å². The second kappa shape index (κ2) is 7.91. The highest BCUT2D eigenvalue weighted by Crippen LogP contribution is 2.48. The van der Waals surface area contributed by atoms with Crippen molar-refractivity contribution >= 4 is 32.3 Å². The first kappa shape index (κ1) is 21.5. The lowest BCUT2D eigenvalue weighted by Gasteiger charge is -2.38. The normalized spacial score (nSPS) is 20.5. The van der Waals surface area contributed by atoms with Crippen molar-refractivity contribution in [3.63, 3.8) is 0 Å². The molecule has 8 nitrogen and oxygen atoms in total. The molecule has 0 atom stereocenters.